The van der Waals surface area contributed by atoms with Gasteiger partial charge in [0.2, 0.25) is 11.8 Å². The molecule has 12 heteroatoms. The number of aliphatic hydroxyl groups is 1. The minimum atomic E-state index is -1.30. The number of esters is 1. The molecule has 1 spiro atoms. The first-order valence-corrected chi connectivity index (χ1v) is 18.5. The first-order chi connectivity index (χ1) is 24.6. The zero-order valence-electron chi connectivity index (χ0n) is 29.2. The topological polar surface area (TPSA) is 135 Å². The van der Waals surface area contributed by atoms with Crippen molar-refractivity contribution < 1.29 is 38.5 Å². The Bertz CT molecular complexity index is 1570. The summed E-state index contributed by atoms with van der Waals surface area (Å²) >= 11 is 3.74. The molecule has 1 unspecified atom stereocenters. The molecule has 2 N–H and O–H groups in total. The highest BCUT2D eigenvalue weighted by molar-refractivity contribution is 9.09. The molecule has 0 aliphatic carbocycles. The van der Waals surface area contributed by atoms with Gasteiger partial charge >= 0.3 is 5.97 Å². The Hall–Kier alpha value is -4.00. The van der Waals surface area contributed by atoms with E-state index in [-0.39, 0.29) is 48.7 Å². The lowest BCUT2D eigenvalue weighted by Gasteiger charge is -2.37. The molecule has 3 saturated heterocycles. The van der Waals surface area contributed by atoms with Crippen molar-refractivity contribution in [2.45, 2.75) is 80.2 Å². The van der Waals surface area contributed by atoms with E-state index in [1.54, 1.807) is 60.3 Å². The maximum Gasteiger partial charge on any atom is 0.313 e. The van der Waals surface area contributed by atoms with Crippen LogP contribution in [0.2, 0.25) is 0 Å². The van der Waals surface area contributed by atoms with Crippen molar-refractivity contribution in [2.75, 3.05) is 31.7 Å². The van der Waals surface area contributed by atoms with Crippen molar-refractivity contribution in [3.8, 4) is 5.75 Å². The Morgan fingerprint density at radius 2 is 1.84 bits per heavy atom. The number of allylic oxidation sites excluding steroid dienone is 1. The van der Waals surface area contributed by atoms with E-state index in [1.165, 1.54) is 0 Å². The molecule has 3 aliphatic rings. The summed E-state index contributed by atoms with van der Waals surface area (Å²) in [5.41, 5.74) is -0.0128. The van der Waals surface area contributed by atoms with Gasteiger partial charge in [0.1, 0.15) is 23.5 Å². The second-order valence-corrected chi connectivity index (χ2v) is 14.5. The Morgan fingerprint density at radius 3 is 2.49 bits per heavy atom. The molecule has 5 rings (SSSR count). The van der Waals surface area contributed by atoms with E-state index in [0.29, 0.717) is 49.1 Å². The number of hydrogen-bond donors (Lipinski definition) is 2. The van der Waals surface area contributed by atoms with E-state index in [9.17, 15) is 24.3 Å². The molecule has 11 nitrogen and oxygen atoms in total. The summed E-state index contributed by atoms with van der Waals surface area (Å²) in [4.78, 5) is 59.4. The van der Waals surface area contributed by atoms with E-state index < -0.39 is 47.7 Å². The van der Waals surface area contributed by atoms with Crippen LogP contribution in [0, 0.1) is 11.8 Å². The van der Waals surface area contributed by atoms with E-state index in [0.717, 1.165) is 0 Å². The van der Waals surface area contributed by atoms with Gasteiger partial charge in [0, 0.05) is 36.6 Å². The van der Waals surface area contributed by atoms with Gasteiger partial charge in [0.25, 0.3) is 5.91 Å². The standard InChI is InChI=1S/C39H48BrN3O8/c1-5-7-16-30(45)41-25(3)33(26-14-10-8-11-15-26)50-38(48)31-32-36(46)43(22-12-9-13-23-44)35(39(32)24-29(40)34(31)51-39)37(47)42(21-6-2)27-17-19-28(49-4)20-18-27/h5-6,8,10-11,14-15,17-20,25,29,31-35,44H,1-2,7,9,12-13,16,21-24H2,3-4H3,(H,41,45)/t25-,29?,31+,32-,33-,34+,35+,39-/m1/s1. The molecule has 2 aromatic rings. The molecular weight excluding hydrogens is 718 g/mol. The van der Waals surface area contributed by atoms with Crippen LogP contribution >= 0.6 is 15.9 Å². The molecule has 8 atom stereocenters. The molecule has 0 radical (unpaired) electrons. The summed E-state index contributed by atoms with van der Waals surface area (Å²) in [6, 6.07) is 14.6. The van der Waals surface area contributed by atoms with Crippen LogP contribution in [-0.4, -0.2) is 89.1 Å². The van der Waals surface area contributed by atoms with E-state index in [1.807, 2.05) is 30.3 Å². The van der Waals surface area contributed by atoms with Crippen molar-refractivity contribution in [1.29, 1.82) is 0 Å². The molecular formula is C39H48BrN3O8. The predicted molar refractivity (Wildman–Crippen MR) is 196 cm³/mol. The van der Waals surface area contributed by atoms with Gasteiger partial charge < -0.3 is 34.4 Å². The molecule has 0 saturated carbocycles. The smallest absolute Gasteiger partial charge is 0.313 e. The van der Waals surface area contributed by atoms with Gasteiger partial charge in [-0.15, -0.1) is 13.2 Å². The highest BCUT2D eigenvalue weighted by Crippen LogP contribution is 2.60. The lowest BCUT2D eigenvalue weighted by molar-refractivity contribution is -0.162. The number of amides is 3. The van der Waals surface area contributed by atoms with E-state index in [4.69, 9.17) is 14.2 Å². The van der Waals surface area contributed by atoms with Crippen molar-refractivity contribution >= 4 is 45.3 Å². The first-order valence-electron chi connectivity index (χ1n) is 17.6. The number of nitrogens with one attached hydrogen (secondary N) is 1. The number of rotatable bonds is 18. The quantitative estimate of drug-likeness (QED) is 0.0950. The Kier molecular flexibility index (Phi) is 12.8. The van der Waals surface area contributed by atoms with Crippen molar-refractivity contribution in [3.05, 3.63) is 85.5 Å². The molecule has 3 heterocycles. The molecule has 51 heavy (non-hydrogen) atoms. The van der Waals surface area contributed by atoms with Gasteiger partial charge in [0.05, 0.1) is 31.1 Å². The van der Waals surface area contributed by atoms with Crippen LogP contribution in [0.5, 0.6) is 5.75 Å². The number of ether oxygens (including phenoxy) is 3. The van der Waals surface area contributed by atoms with Gasteiger partial charge in [-0.2, -0.15) is 0 Å². The lowest BCUT2D eigenvalue weighted by Crippen LogP contribution is -2.57. The number of unbranched alkanes of at least 4 members (excludes halogenated alkanes) is 2. The Morgan fingerprint density at radius 1 is 1.12 bits per heavy atom. The van der Waals surface area contributed by atoms with Crippen LogP contribution in [0.4, 0.5) is 5.69 Å². The first kappa shape index (κ1) is 38.2. The highest BCUT2D eigenvalue weighted by atomic mass is 79.9. The molecule has 274 valence electrons. The third-order valence-electron chi connectivity index (χ3n) is 10.1. The second-order valence-electron chi connectivity index (χ2n) is 13.4. The number of methoxy groups -OCH3 is 1. The number of likely N-dealkylation sites (tertiary alicyclic amines) is 1. The maximum atomic E-state index is 14.8. The van der Waals surface area contributed by atoms with Crippen LogP contribution in [0.15, 0.2) is 79.9 Å². The largest absolute Gasteiger partial charge is 0.497 e. The molecule has 0 aromatic heterocycles. The van der Waals surface area contributed by atoms with Gasteiger partial charge in [-0.25, -0.2) is 0 Å². The number of aliphatic hydroxyl groups excluding tert-OH is 1. The SMILES string of the molecule is C=CCCC(=O)N[C@H](C)[C@@H](OC(=O)[C@@H]1[C@H]2O[C@@]3(CC2Br)[C@H](C(=O)N(CC=C)c2ccc(OC)cc2)N(CCCCCO)C(=O)[C@@H]13)c1ccccc1. The van der Waals surface area contributed by atoms with Crippen LogP contribution in [-0.2, 0) is 28.7 Å². The molecule has 3 amide bonds. The highest BCUT2D eigenvalue weighted by Gasteiger charge is 2.77. The number of fused-ring (bicyclic) bond motifs is 1. The average molecular weight is 767 g/mol. The summed E-state index contributed by atoms with van der Waals surface area (Å²) in [5.74, 6) is -2.85. The van der Waals surface area contributed by atoms with Gasteiger partial charge in [0.15, 0.2) is 0 Å². The normalized spacial score (nSPS) is 25.8. The summed E-state index contributed by atoms with van der Waals surface area (Å²) in [7, 11) is 1.56. The van der Waals surface area contributed by atoms with E-state index in [2.05, 4.69) is 34.4 Å². The van der Waals surface area contributed by atoms with Gasteiger partial charge in [-0.05, 0) is 68.9 Å². The van der Waals surface area contributed by atoms with Crippen LogP contribution < -0.4 is 15.0 Å². The number of carbonyl (C=O) groups excluding carboxylic acids is 4. The molecule has 2 bridgehead atoms. The fraction of sp³-hybridized carbons (Fsp3) is 0.487. The third kappa shape index (κ3) is 7.78. The second kappa shape index (κ2) is 17.0. The summed E-state index contributed by atoms with van der Waals surface area (Å²) in [6.45, 7) is 9.79. The molecule has 2 aromatic carbocycles. The number of hydrogen-bond acceptors (Lipinski definition) is 8. The monoisotopic (exact) mass is 765 g/mol. The third-order valence-corrected chi connectivity index (χ3v) is 10.9. The Balaban J connectivity index is 1.49. The minimum Gasteiger partial charge on any atom is -0.497 e. The number of carbonyl (C=O) groups is 4. The van der Waals surface area contributed by atoms with E-state index >= 15 is 0 Å². The fourth-order valence-electron chi connectivity index (χ4n) is 7.79. The summed E-state index contributed by atoms with van der Waals surface area (Å²) in [5, 5.41) is 12.4. The fourth-order valence-corrected chi connectivity index (χ4v) is 8.73. The van der Waals surface area contributed by atoms with Gasteiger partial charge in [-0.1, -0.05) is 58.4 Å². The number of alkyl halides is 1. The van der Waals surface area contributed by atoms with Crippen molar-refractivity contribution in [1.82, 2.24) is 10.2 Å². The average Bonchev–Trinajstić information content (AvgIpc) is 3.73. The predicted octanol–water partition coefficient (Wildman–Crippen LogP) is 4.88. The number of halogens is 1. The minimum absolute atomic E-state index is 0.0210. The van der Waals surface area contributed by atoms with Crippen molar-refractivity contribution in [2.24, 2.45) is 11.8 Å². The molecule has 3 fully saturated rings. The van der Waals surface area contributed by atoms with Crippen LogP contribution in [0.3, 0.4) is 0 Å². The summed E-state index contributed by atoms with van der Waals surface area (Å²) in [6.07, 6.45) is 4.58. The zero-order chi connectivity index (χ0) is 36.7. The molecule has 3 aliphatic heterocycles. The van der Waals surface area contributed by atoms with Gasteiger partial charge in [-0.3, -0.25) is 19.2 Å². The van der Waals surface area contributed by atoms with Crippen LogP contribution in [0.25, 0.3) is 0 Å². The number of anilines is 1. The summed E-state index contributed by atoms with van der Waals surface area (Å²) < 4.78 is 18.3. The lowest BCUT2D eigenvalue weighted by atomic mass is 9.70. The van der Waals surface area contributed by atoms with Crippen molar-refractivity contribution in [3.63, 3.8) is 0 Å². The Labute approximate surface area is 308 Å². The van der Waals surface area contributed by atoms with Crippen LogP contribution in [0.1, 0.15) is 57.1 Å². The maximum absolute atomic E-state index is 14.8. The number of benzene rings is 2. The number of nitrogens with zero attached hydrogens (tertiary/aromatic N) is 2. The zero-order valence-corrected chi connectivity index (χ0v) is 30.8.